The molecule has 0 heterocycles. The lowest BCUT2D eigenvalue weighted by Gasteiger charge is -2.26. The van der Waals surface area contributed by atoms with Crippen molar-refractivity contribution in [2.75, 3.05) is 54.1 Å². The number of hydrogen-bond donors (Lipinski definition) is 2. The fourth-order valence-corrected chi connectivity index (χ4v) is 3.48. The van der Waals surface area contributed by atoms with E-state index in [0.717, 1.165) is 32.1 Å². The zero-order valence-electron chi connectivity index (χ0n) is 11.3. The van der Waals surface area contributed by atoms with E-state index in [1.54, 1.807) is 21.3 Å². The van der Waals surface area contributed by atoms with Crippen LogP contribution in [-0.2, 0) is 13.3 Å². The Hall–Kier alpha value is -0.0231. The molecule has 0 atom stereocenters. The highest BCUT2D eigenvalue weighted by atomic mass is 28.4. The average molecular weight is 265 g/mol. The van der Waals surface area contributed by atoms with E-state index in [2.05, 4.69) is 4.90 Å². The van der Waals surface area contributed by atoms with Gasteiger partial charge in [0.1, 0.15) is 0 Å². The molecular formula is C10H27N3O3Si. The molecule has 0 aromatic rings. The van der Waals surface area contributed by atoms with Gasteiger partial charge in [-0.25, -0.2) is 0 Å². The number of nitrogens with zero attached hydrogens (tertiary/aromatic N) is 1. The van der Waals surface area contributed by atoms with Crippen LogP contribution >= 0.6 is 0 Å². The lowest BCUT2D eigenvalue weighted by atomic mass is 10.4. The van der Waals surface area contributed by atoms with Gasteiger partial charge in [0.25, 0.3) is 0 Å². The minimum Gasteiger partial charge on any atom is -0.377 e. The van der Waals surface area contributed by atoms with Crippen LogP contribution in [0.15, 0.2) is 0 Å². The normalized spacial score (nSPS) is 12.4. The summed E-state index contributed by atoms with van der Waals surface area (Å²) in [7, 11) is 2.49. The first-order chi connectivity index (χ1) is 8.17. The topological polar surface area (TPSA) is 83.0 Å². The van der Waals surface area contributed by atoms with Crippen LogP contribution in [0.1, 0.15) is 6.42 Å². The third-order valence-corrected chi connectivity index (χ3v) is 5.61. The van der Waals surface area contributed by atoms with E-state index >= 15 is 0 Å². The second-order valence-electron chi connectivity index (χ2n) is 3.82. The third kappa shape index (κ3) is 6.46. The zero-order valence-corrected chi connectivity index (χ0v) is 12.3. The van der Waals surface area contributed by atoms with E-state index in [1.807, 2.05) is 0 Å². The SMILES string of the molecule is CO[Si](CCCN(CCN)CCN)(OC)OC. The molecule has 0 aliphatic heterocycles. The number of nitrogens with two attached hydrogens (primary N) is 2. The maximum Gasteiger partial charge on any atom is 0.500 e. The number of rotatable bonds is 11. The van der Waals surface area contributed by atoms with E-state index in [9.17, 15) is 0 Å². The van der Waals surface area contributed by atoms with Gasteiger partial charge in [0.05, 0.1) is 0 Å². The maximum atomic E-state index is 5.55. The number of hydrogen-bond acceptors (Lipinski definition) is 6. The average Bonchev–Trinajstić information content (AvgIpc) is 2.36. The Labute approximate surface area is 106 Å². The summed E-state index contributed by atoms with van der Waals surface area (Å²) in [5.74, 6) is 0. The van der Waals surface area contributed by atoms with Gasteiger partial charge in [-0.15, -0.1) is 0 Å². The second kappa shape index (κ2) is 9.95. The van der Waals surface area contributed by atoms with Crippen LogP contribution in [0.4, 0.5) is 0 Å². The molecule has 6 nitrogen and oxygen atoms in total. The summed E-state index contributed by atoms with van der Waals surface area (Å²) < 4.78 is 16.1. The Kier molecular flexibility index (Phi) is 9.94. The van der Waals surface area contributed by atoms with E-state index in [0.29, 0.717) is 13.1 Å². The lowest BCUT2D eigenvalue weighted by Crippen LogP contribution is -2.43. The van der Waals surface area contributed by atoms with E-state index in [-0.39, 0.29) is 0 Å². The molecule has 0 aliphatic rings. The molecule has 0 saturated heterocycles. The Morgan fingerprint density at radius 3 is 1.71 bits per heavy atom. The molecule has 0 spiro atoms. The highest BCUT2D eigenvalue weighted by molar-refractivity contribution is 6.60. The van der Waals surface area contributed by atoms with Crippen LogP contribution in [0.5, 0.6) is 0 Å². The summed E-state index contributed by atoms with van der Waals surface area (Å²) in [6.07, 6.45) is 0.960. The van der Waals surface area contributed by atoms with E-state index in [1.165, 1.54) is 0 Å². The van der Waals surface area contributed by atoms with Crippen molar-refractivity contribution in [3.8, 4) is 0 Å². The van der Waals surface area contributed by atoms with Crippen LogP contribution in [0.2, 0.25) is 6.04 Å². The molecule has 0 amide bonds. The quantitative estimate of drug-likeness (QED) is 0.489. The van der Waals surface area contributed by atoms with E-state index < -0.39 is 8.80 Å². The third-order valence-electron chi connectivity index (χ3n) is 2.78. The highest BCUT2D eigenvalue weighted by Crippen LogP contribution is 2.15. The molecule has 0 rings (SSSR count). The van der Waals surface area contributed by atoms with Gasteiger partial charge < -0.3 is 29.6 Å². The molecule has 0 aromatic carbocycles. The molecule has 0 bridgehead atoms. The zero-order chi connectivity index (χ0) is 13.1. The van der Waals surface area contributed by atoms with Crippen LogP contribution in [0.3, 0.4) is 0 Å². The predicted octanol–water partition coefficient (Wildman–Crippen LogP) is -0.526. The minimum absolute atomic E-state index is 0.654. The second-order valence-corrected chi connectivity index (χ2v) is 6.91. The van der Waals surface area contributed by atoms with E-state index in [4.69, 9.17) is 24.7 Å². The molecule has 0 radical (unpaired) electrons. The lowest BCUT2D eigenvalue weighted by molar-refractivity contribution is 0.121. The van der Waals surface area contributed by atoms with Gasteiger partial charge in [-0.3, -0.25) is 0 Å². The largest absolute Gasteiger partial charge is 0.500 e. The smallest absolute Gasteiger partial charge is 0.377 e. The Morgan fingerprint density at radius 1 is 0.882 bits per heavy atom. The van der Waals surface area contributed by atoms with Crippen LogP contribution in [0, 0.1) is 0 Å². The van der Waals surface area contributed by atoms with Crippen molar-refractivity contribution >= 4 is 8.80 Å². The Balaban J connectivity index is 3.99. The molecule has 0 fully saturated rings. The van der Waals surface area contributed by atoms with Crippen molar-refractivity contribution in [2.45, 2.75) is 12.5 Å². The molecule has 0 saturated carbocycles. The molecule has 104 valence electrons. The van der Waals surface area contributed by atoms with Crippen LogP contribution in [-0.4, -0.2) is 67.8 Å². The summed E-state index contributed by atoms with van der Waals surface area (Å²) in [6, 6.07) is 0.808. The first kappa shape index (κ1) is 17.0. The molecule has 4 N–H and O–H groups in total. The van der Waals surface area contributed by atoms with Crippen LogP contribution < -0.4 is 11.5 Å². The van der Waals surface area contributed by atoms with Crippen molar-refractivity contribution in [2.24, 2.45) is 11.5 Å². The molecule has 0 aromatic heterocycles. The van der Waals surface area contributed by atoms with Crippen molar-refractivity contribution in [1.82, 2.24) is 4.90 Å². The van der Waals surface area contributed by atoms with Crippen LogP contribution in [0.25, 0.3) is 0 Å². The molecule has 7 heteroatoms. The van der Waals surface area contributed by atoms with Gasteiger partial charge >= 0.3 is 8.80 Å². The van der Waals surface area contributed by atoms with Gasteiger partial charge in [0.2, 0.25) is 0 Å². The van der Waals surface area contributed by atoms with Crippen molar-refractivity contribution in [3.05, 3.63) is 0 Å². The molecule has 0 unspecified atom stereocenters. The van der Waals surface area contributed by atoms with Crippen molar-refractivity contribution in [1.29, 1.82) is 0 Å². The summed E-state index contributed by atoms with van der Waals surface area (Å²) in [4.78, 5) is 2.25. The molecule has 17 heavy (non-hydrogen) atoms. The van der Waals surface area contributed by atoms with Gasteiger partial charge in [0, 0.05) is 53.6 Å². The van der Waals surface area contributed by atoms with Gasteiger partial charge in [-0.05, 0) is 13.0 Å². The first-order valence-electron chi connectivity index (χ1n) is 5.96. The summed E-state index contributed by atoms with van der Waals surface area (Å²) >= 11 is 0. The van der Waals surface area contributed by atoms with Gasteiger partial charge in [-0.1, -0.05) is 0 Å². The summed E-state index contributed by atoms with van der Waals surface area (Å²) in [5, 5.41) is 0. The summed E-state index contributed by atoms with van der Waals surface area (Å²) in [5.41, 5.74) is 11.1. The predicted molar refractivity (Wildman–Crippen MR) is 70.8 cm³/mol. The fourth-order valence-electron chi connectivity index (χ4n) is 1.78. The highest BCUT2D eigenvalue weighted by Gasteiger charge is 2.36. The first-order valence-corrected chi connectivity index (χ1v) is 7.89. The summed E-state index contributed by atoms with van der Waals surface area (Å²) in [6.45, 7) is 4.00. The van der Waals surface area contributed by atoms with Gasteiger partial charge in [-0.2, -0.15) is 0 Å². The van der Waals surface area contributed by atoms with Crippen molar-refractivity contribution < 1.29 is 13.3 Å². The van der Waals surface area contributed by atoms with Crippen molar-refractivity contribution in [3.63, 3.8) is 0 Å². The molecular weight excluding hydrogens is 238 g/mol. The van der Waals surface area contributed by atoms with Gasteiger partial charge in [0.15, 0.2) is 0 Å². The minimum atomic E-state index is -2.42. The Morgan fingerprint density at radius 2 is 1.35 bits per heavy atom. The fraction of sp³-hybridized carbons (Fsp3) is 1.00. The monoisotopic (exact) mass is 265 g/mol. The molecule has 0 aliphatic carbocycles. The Bertz CT molecular complexity index is 168. The maximum absolute atomic E-state index is 5.55. The standard InChI is InChI=1S/C10H27N3O3Si/c1-14-17(15-2,16-3)10-4-7-13(8-5-11)9-6-12/h4-12H2,1-3H3.